The number of nitrogens with zero attached hydrogens (tertiary/aromatic N) is 2. The molecule has 0 aliphatic heterocycles. The maximum Gasteiger partial charge on any atom is 0.264 e. The Morgan fingerprint density at radius 3 is 2.61 bits per heavy atom. The molecule has 7 nitrogen and oxygen atoms in total. The molecule has 0 aromatic carbocycles. The Bertz CT molecular complexity index is 537. The van der Waals surface area contributed by atoms with Gasteiger partial charge in [0.25, 0.3) is 5.91 Å². The molecule has 1 atom stereocenters. The number of hydrogen-bond donors (Lipinski definition) is 2. The van der Waals surface area contributed by atoms with Crippen LogP contribution in [0.4, 0.5) is 0 Å². The molecule has 0 spiro atoms. The van der Waals surface area contributed by atoms with Crippen molar-refractivity contribution in [2.45, 2.75) is 31.6 Å². The number of sulfone groups is 1. The molecule has 1 amide bonds. The summed E-state index contributed by atoms with van der Waals surface area (Å²) in [7, 11) is -3.65. The van der Waals surface area contributed by atoms with Gasteiger partial charge in [0, 0.05) is 19.0 Å². The lowest BCUT2D eigenvalue weighted by atomic mass is 10.1. The Morgan fingerprint density at radius 1 is 1.61 bits per heavy atom. The van der Waals surface area contributed by atoms with Crippen molar-refractivity contribution in [1.82, 2.24) is 15.3 Å². The molecule has 102 valence electrons. The Hall–Kier alpha value is -1.41. The van der Waals surface area contributed by atoms with Gasteiger partial charge in [0.1, 0.15) is 0 Å². The third-order valence-corrected chi connectivity index (χ3v) is 5.01. The quantitative estimate of drug-likeness (QED) is 0.577. The van der Waals surface area contributed by atoms with Gasteiger partial charge in [-0.3, -0.25) is 14.7 Å². The second-order valence-corrected chi connectivity index (χ2v) is 6.92. The van der Waals surface area contributed by atoms with E-state index in [4.69, 9.17) is 5.21 Å². The summed E-state index contributed by atoms with van der Waals surface area (Å²) in [6, 6.07) is 0. The van der Waals surface area contributed by atoms with Gasteiger partial charge in [-0.2, -0.15) is 5.10 Å². The van der Waals surface area contributed by atoms with Crippen LogP contribution in [0.15, 0.2) is 12.4 Å². The molecule has 8 heteroatoms. The summed E-state index contributed by atoms with van der Waals surface area (Å²) in [5.41, 5.74) is 2.35. The summed E-state index contributed by atoms with van der Waals surface area (Å²) in [5.74, 6) is -0.936. The maximum absolute atomic E-state index is 11.7. The van der Waals surface area contributed by atoms with Crippen molar-refractivity contribution in [3.63, 3.8) is 0 Å². The van der Waals surface area contributed by atoms with Crippen LogP contribution in [0.5, 0.6) is 0 Å². The summed E-state index contributed by atoms with van der Waals surface area (Å²) in [6.45, 7) is 3.41. The number of hydrogen-bond acceptors (Lipinski definition) is 5. The summed E-state index contributed by atoms with van der Waals surface area (Å²) >= 11 is 0. The highest BCUT2D eigenvalue weighted by atomic mass is 32.2. The second kappa shape index (κ2) is 5.07. The lowest BCUT2D eigenvalue weighted by Gasteiger charge is -2.24. The van der Waals surface area contributed by atoms with Crippen LogP contribution in [0, 0.1) is 6.92 Å². The summed E-state index contributed by atoms with van der Waals surface area (Å²) in [6.07, 6.45) is 4.39. The highest BCUT2D eigenvalue weighted by Crippen LogP contribution is 2.22. The predicted octanol–water partition coefficient (Wildman–Crippen LogP) is -0.110. The SMILES string of the molecule is Cc1cnn(CCC(C)(C(=O)NO)S(C)(=O)=O)c1. The highest BCUT2D eigenvalue weighted by molar-refractivity contribution is 7.92. The van der Waals surface area contributed by atoms with Gasteiger partial charge in [-0.05, 0) is 25.8 Å². The average Bonchev–Trinajstić information content (AvgIpc) is 2.69. The highest BCUT2D eigenvalue weighted by Gasteiger charge is 2.43. The molecule has 1 heterocycles. The van der Waals surface area contributed by atoms with Gasteiger partial charge in [-0.25, -0.2) is 13.9 Å². The van der Waals surface area contributed by atoms with Crippen LogP contribution in [0.25, 0.3) is 0 Å². The van der Waals surface area contributed by atoms with E-state index in [1.165, 1.54) is 12.4 Å². The fourth-order valence-corrected chi connectivity index (χ4v) is 2.35. The molecule has 0 fully saturated rings. The third-order valence-electron chi connectivity index (χ3n) is 2.98. The summed E-state index contributed by atoms with van der Waals surface area (Å²) < 4.78 is 23.2. The van der Waals surface area contributed by atoms with Crippen molar-refractivity contribution in [2.24, 2.45) is 0 Å². The Balaban J connectivity index is 2.91. The first-order valence-electron chi connectivity index (χ1n) is 5.34. The number of carbonyl (C=O) groups excluding carboxylic acids is 1. The lowest BCUT2D eigenvalue weighted by Crippen LogP contribution is -2.49. The zero-order valence-corrected chi connectivity index (χ0v) is 11.4. The molecule has 1 aromatic heterocycles. The molecular weight excluding hydrogens is 258 g/mol. The largest absolute Gasteiger partial charge is 0.289 e. The van der Waals surface area contributed by atoms with Crippen LogP contribution >= 0.6 is 0 Å². The van der Waals surface area contributed by atoms with Gasteiger partial charge < -0.3 is 0 Å². The topological polar surface area (TPSA) is 101 Å². The van der Waals surface area contributed by atoms with Gasteiger partial charge in [-0.1, -0.05) is 0 Å². The van der Waals surface area contributed by atoms with Gasteiger partial charge >= 0.3 is 0 Å². The molecule has 0 bridgehead atoms. The van der Waals surface area contributed by atoms with E-state index in [1.54, 1.807) is 17.1 Å². The first-order valence-corrected chi connectivity index (χ1v) is 7.23. The molecule has 2 N–H and O–H groups in total. The minimum Gasteiger partial charge on any atom is -0.289 e. The van der Waals surface area contributed by atoms with Crippen LogP contribution in [0.1, 0.15) is 18.9 Å². The molecule has 0 saturated heterocycles. The van der Waals surface area contributed by atoms with E-state index in [0.29, 0.717) is 0 Å². The lowest BCUT2D eigenvalue weighted by molar-refractivity contribution is -0.131. The molecule has 18 heavy (non-hydrogen) atoms. The van der Waals surface area contributed by atoms with E-state index in [1.807, 2.05) is 6.92 Å². The normalized spacial score (nSPS) is 15.1. The molecule has 0 aliphatic rings. The molecule has 1 aromatic rings. The number of amides is 1. The van der Waals surface area contributed by atoms with E-state index in [2.05, 4.69) is 5.10 Å². The fraction of sp³-hybridized carbons (Fsp3) is 0.600. The Morgan fingerprint density at radius 2 is 2.22 bits per heavy atom. The third kappa shape index (κ3) is 2.88. The predicted molar refractivity (Wildman–Crippen MR) is 64.8 cm³/mol. The van der Waals surface area contributed by atoms with Gasteiger partial charge in [0.15, 0.2) is 14.6 Å². The van der Waals surface area contributed by atoms with Crippen LogP contribution in [-0.2, 0) is 21.2 Å². The maximum atomic E-state index is 11.7. The van der Waals surface area contributed by atoms with Crippen LogP contribution < -0.4 is 5.48 Å². The monoisotopic (exact) mass is 275 g/mol. The summed E-state index contributed by atoms with van der Waals surface area (Å²) in [5, 5.41) is 12.7. The number of nitrogens with one attached hydrogen (secondary N) is 1. The zero-order chi connectivity index (χ0) is 14.0. The molecule has 0 aliphatic carbocycles. The van der Waals surface area contributed by atoms with Crippen LogP contribution in [-0.4, -0.2) is 40.3 Å². The fourth-order valence-electron chi connectivity index (χ4n) is 1.50. The van der Waals surface area contributed by atoms with Gasteiger partial charge in [0.2, 0.25) is 0 Å². The van der Waals surface area contributed by atoms with Crippen LogP contribution in [0.3, 0.4) is 0 Å². The Labute approximate surface area is 106 Å². The van der Waals surface area contributed by atoms with E-state index in [9.17, 15) is 13.2 Å². The summed E-state index contributed by atoms with van der Waals surface area (Å²) in [4.78, 5) is 11.5. The smallest absolute Gasteiger partial charge is 0.264 e. The zero-order valence-electron chi connectivity index (χ0n) is 10.5. The minimum atomic E-state index is -3.65. The van der Waals surface area contributed by atoms with E-state index in [0.717, 1.165) is 11.8 Å². The first-order chi connectivity index (χ1) is 8.20. The van der Waals surface area contributed by atoms with Crippen molar-refractivity contribution < 1.29 is 18.4 Å². The number of carbonyl (C=O) groups is 1. The number of aromatic nitrogens is 2. The second-order valence-electron chi connectivity index (χ2n) is 4.47. The van der Waals surface area contributed by atoms with Crippen LogP contribution in [0.2, 0.25) is 0 Å². The number of hydroxylamine groups is 1. The standard InChI is InChI=1S/C10H17N3O4S/c1-8-6-11-13(7-8)5-4-10(2,9(14)12-15)18(3,16)17/h6-7,15H,4-5H2,1-3H3,(H,12,14). The van der Waals surface area contributed by atoms with Crippen molar-refractivity contribution in [3.8, 4) is 0 Å². The van der Waals surface area contributed by atoms with Crippen molar-refractivity contribution >= 4 is 15.7 Å². The average molecular weight is 275 g/mol. The van der Waals surface area contributed by atoms with Gasteiger partial charge in [-0.15, -0.1) is 0 Å². The van der Waals surface area contributed by atoms with E-state index < -0.39 is 20.5 Å². The molecule has 1 unspecified atom stereocenters. The van der Waals surface area contributed by atoms with Crippen molar-refractivity contribution in [2.75, 3.05) is 6.26 Å². The number of aryl methyl sites for hydroxylation is 2. The number of rotatable bonds is 5. The molecule has 0 radical (unpaired) electrons. The first kappa shape index (κ1) is 14.7. The minimum absolute atomic E-state index is 0.0271. The van der Waals surface area contributed by atoms with E-state index >= 15 is 0 Å². The van der Waals surface area contributed by atoms with Gasteiger partial charge in [0.05, 0.1) is 6.20 Å². The van der Waals surface area contributed by atoms with Crippen molar-refractivity contribution in [1.29, 1.82) is 0 Å². The molecular formula is C10H17N3O4S. The van der Waals surface area contributed by atoms with E-state index in [-0.39, 0.29) is 13.0 Å². The van der Waals surface area contributed by atoms with Crippen molar-refractivity contribution in [3.05, 3.63) is 18.0 Å². The molecule has 1 rings (SSSR count). The molecule has 0 saturated carbocycles. The Kier molecular flexibility index (Phi) is 4.12.